The molecule has 1 aromatic heterocycles. The van der Waals surface area contributed by atoms with Crippen molar-refractivity contribution in [2.75, 3.05) is 19.7 Å². The predicted molar refractivity (Wildman–Crippen MR) is 99.6 cm³/mol. The van der Waals surface area contributed by atoms with E-state index in [1.165, 1.54) is 0 Å². The van der Waals surface area contributed by atoms with Crippen LogP contribution in [0.5, 0.6) is 0 Å². The minimum absolute atomic E-state index is 0.0214. The Labute approximate surface area is 154 Å². The van der Waals surface area contributed by atoms with Gasteiger partial charge in [0.1, 0.15) is 11.8 Å². The monoisotopic (exact) mass is 349 g/mol. The van der Waals surface area contributed by atoms with Crippen molar-refractivity contribution in [2.24, 2.45) is 0 Å². The van der Waals surface area contributed by atoms with E-state index in [4.69, 9.17) is 10.00 Å². The number of nitriles is 1. The van der Waals surface area contributed by atoms with Gasteiger partial charge in [-0.2, -0.15) is 5.26 Å². The summed E-state index contributed by atoms with van der Waals surface area (Å²) in [4.78, 5) is 19.1. The molecule has 0 radical (unpaired) electrons. The Morgan fingerprint density at radius 1 is 1.35 bits per heavy atom. The highest BCUT2D eigenvalue weighted by Gasteiger charge is 2.25. The lowest BCUT2D eigenvalue weighted by atomic mass is 10.0. The number of piperidine rings is 1. The normalized spacial score (nSPS) is 16.9. The number of carbonyl (C=O) groups excluding carboxylic acids is 1. The summed E-state index contributed by atoms with van der Waals surface area (Å²) in [5.41, 5.74) is 2.54. The zero-order valence-electron chi connectivity index (χ0n) is 15.0. The molecule has 2 aromatic rings. The first kappa shape index (κ1) is 18.1. The van der Waals surface area contributed by atoms with Crippen LogP contribution in [0, 0.1) is 11.3 Å². The van der Waals surface area contributed by atoms with Crippen LogP contribution in [-0.2, 0) is 4.74 Å². The number of pyridine rings is 1. The van der Waals surface area contributed by atoms with E-state index < -0.39 is 0 Å². The molecule has 1 fully saturated rings. The van der Waals surface area contributed by atoms with E-state index in [9.17, 15) is 4.79 Å². The number of carbonyl (C=O) groups is 1. The molecule has 1 aliphatic rings. The van der Waals surface area contributed by atoms with E-state index in [1.807, 2.05) is 41.3 Å². The number of benzene rings is 1. The van der Waals surface area contributed by atoms with Gasteiger partial charge in [-0.3, -0.25) is 4.79 Å². The van der Waals surface area contributed by atoms with Crippen LogP contribution < -0.4 is 0 Å². The second-order valence-electron chi connectivity index (χ2n) is 6.49. The minimum atomic E-state index is 0.0214. The van der Waals surface area contributed by atoms with E-state index >= 15 is 0 Å². The summed E-state index contributed by atoms with van der Waals surface area (Å²) in [6.07, 6.45) is 3.09. The summed E-state index contributed by atoms with van der Waals surface area (Å²) in [6, 6.07) is 14.8. The molecule has 1 aliphatic heterocycles. The highest BCUT2D eigenvalue weighted by atomic mass is 16.5. The molecule has 1 aromatic carbocycles. The van der Waals surface area contributed by atoms with Gasteiger partial charge in [-0.05, 0) is 43.5 Å². The highest BCUT2D eigenvalue weighted by Crippen LogP contribution is 2.21. The SMILES string of the molecule is CCCO[C@@H]1CCCN(C(=O)c2cccc(-c3cccc(C#N)n3)c2)C1. The lowest BCUT2D eigenvalue weighted by Crippen LogP contribution is -2.43. The Bertz CT molecular complexity index is 813. The molecule has 3 rings (SSSR count). The Morgan fingerprint density at radius 3 is 3.00 bits per heavy atom. The third kappa shape index (κ3) is 4.27. The number of ether oxygens (including phenoxy) is 1. The third-order valence-electron chi connectivity index (χ3n) is 4.49. The van der Waals surface area contributed by atoms with Gasteiger partial charge >= 0.3 is 0 Å². The van der Waals surface area contributed by atoms with Gasteiger partial charge in [-0.1, -0.05) is 25.1 Å². The Morgan fingerprint density at radius 2 is 2.19 bits per heavy atom. The van der Waals surface area contributed by atoms with E-state index in [-0.39, 0.29) is 12.0 Å². The van der Waals surface area contributed by atoms with E-state index in [0.29, 0.717) is 23.5 Å². The van der Waals surface area contributed by atoms with Crippen LogP contribution in [0.2, 0.25) is 0 Å². The van der Waals surface area contributed by atoms with Gasteiger partial charge in [-0.15, -0.1) is 0 Å². The first-order chi connectivity index (χ1) is 12.7. The summed E-state index contributed by atoms with van der Waals surface area (Å²) < 4.78 is 5.83. The summed E-state index contributed by atoms with van der Waals surface area (Å²) >= 11 is 0. The van der Waals surface area contributed by atoms with Crippen molar-refractivity contribution in [1.82, 2.24) is 9.88 Å². The molecule has 134 valence electrons. The average molecular weight is 349 g/mol. The fourth-order valence-corrected chi connectivity index (χ4v) is 3.20. The largest absolute Gasteiger partial charge is 0.376 e. The van der Waals surface area contributed by atoms with Crippen molar-refractivity contribution in [3.05, 3.63) is 53.7 Å². The molecule has 1 saturated heterocycles. The molecule has 26 heavy (non-hydrogen) atoms. The summed E-state index contributed by atoms with van der Waals surface area (Å²) in [6.45, 7) is 4.23. The van der Waals surface area contributed by atoms with Crippen LogP contribution in [0.4, 0.5) is 0 Å². The van der Waals surface area contributed by atoms with Gasteiger partial charge in [0.2, 0.25) is 0 Å². The van der Waals surface area contributed by atoms with Crippen LogP contribution in [-0.4, -0.2) is 41.6 Å². The molecule has 0 N–H and O–H groups in total. The third-order valence-corrected chi connectivity index (χ3v) is 4.49. The maximum Gasteiger partial charge on any atom is 0.253 e. The summed E-state index contributed by atoms with van der Waals surface area (Å²) in [5.74, 6) is 0.0214. The second kappa shape index (κ2) is 8.59. The molecule has 0 saturated carbocycles. The van der Waals surface area contributed by atoms with E-state index in [2.05, 4.69) is 11.9 Å². The maximum atomic E-state index is 12.9. The van der Waals surface area contributed by atoms with Crippen LogP contribution in [0.15, 0.2) is 42.5 Å². The number of hydrogen-bond acceptors (Lipinski definition) is 4. The highest BCUT2D eigenvalue weighted by molar-refractivity contribution is 5.95. The molecular weight excluding hydrogens is 326 g/mol. The molecule has 0 unspecified atom stereocenters. The van der Waals surface area contributed by atoms with Crippen LogP contribution in [0.25, 0.3) is 11.3 Å². The van der Waals surface area contributed by atoms with Gasteiger partial charge in [0.15, 0.2) is 0 Å². The maximum absolute atomic E-state index is 12.9. The molecule has 1 amide bonds. The fraction of sp³-hybridized carbons (Fsp3) is 0.381. The topological polar surface area (TPSA) is 66.2 Å². The van der Waals surface area contributed by atoms with Crippen LogP contribution in [0.1, 0.15) is 42.2 Å². The minimum Gasteiger partial charge on any atom is -0.376 e. The Balaban J connectivity index is 1.77. The molecule has 0 aliphatic carbocycles. The standard InChI is InChI=1S/C21H23N3O2/c1-2-12-26-19-9-5-11-24(15-19)21(25)17-7-3-6-16(13-17)20-10-4-8-18(14-22)23-20/h3-4,6-8,10,13,19H,2,5,9,11-12,15H2,1H3/t19-/m1/s1. The second-order valence-corrected chi connectivity index (χ2v) is 6.49. The zero-order valence-corrected chi connectivity index (χ0v) is 15.0. The predicted octanol–water partition coefficient (Wildman–Crippen LogP) is 3.65. The number of nitrogens with zero attached hydrogens (tertiary/aromatic N) is 3. The summed E-state index contributed by atoms with van der Waals surface area (Å²) in [7, 11) is 0. The lowest BCUT2D eigenvalue weighted by molar-refractivity contribution is 0.00211. The molecule has 0 spiro atoms. The number of likely N-dealkylation sites (tertiary alicyclic amines) is 1. The summed E-state index contributed by atoms with van der Waals surface area (Å²) in [5, 5.41) is 9.02. The molecular formula is C21H23N3O2. The Kier molecular flexibility index (Phi) is 5.98. The smallest absolute Gasteiger partial charge is 0.253 e. The van der Waals surface area contributed by atoms with Crippen LogP contribution >= 0.6 is 0 Å². The molecule has 0 bridgehead atoms. The lowest BCUT2D eigenvalue weighted by Gasteiger charge is -2.32. The molecule has 5 heteroatoms. The first-order valence-corrected chi connectivity index (χ1v) is 9.09. The van der Waals surface area contributed by atoms with Crippen molar-refractivity contribution in [2.45, 2.75) is 32.3 Å². The number of aromatic nitrogens is 1. The van der Waals surface area contributed by atoms with Crippen molar-refractivity contribution in [1.29, 1.82) is 5.26 Å². The first-order valence-electron chi connectivity index (χ1n) is 9.09. The van der Waals surface area contributed by atoms with Crippen LogP contribution in [0.3, 0.4) is 0 Å². The molecule has 5 nitrogen and oxygen atoms in total. The fourth-order valence-electron chi connectivity index (χ4n) is 3.20. The van der Waals surface area contributed by atoms with Crippen molar-refractivity contribution >= 4 is 5.91 Å². The van der Waals surface area contributed by atoms with Gasteiger partial charge in [0.25, 0.3) is 5.91 Å². The molecule has 1 atom stereocenters. The van der Waals surface area contributed by atoms with Gasteiger partial charge < -0.3 is 9.64 Å². The van der Waals surface area contributed by atoms with Crippen molar-refractivity contribution < 1.29 is 9.53 Å². The quantitative estimate of drug-likeness (QED) is 0.826. The van der Waals surface area contributed by atoms with Crippen molar-refractivity contribution in [3.8, 4) is 17.3 Å². The number of amides is 1. The van der Waals surface area contributed by atoms with E-state index in [1.54, 1.807) is 12.1 Å². The number of hydrogen-bond donors (Lipinski definition) is 0. The van der Waals surface area contributed by atoms with Crippen molar-refractivity contribution in [3.63, 3.8) is 0 Å². The van der Waals surface area contributed by atoms with E-state index in [0.717, 1.165) is 38.0 Å². The van der Waals surface area contributed by atoms with Gasteiger partial charge in [-0.25, -0.2) is 4.98 Å². The Hall–Kier alpha value is -2.71. The molecule has 2 heterocycles. The number of rotatable bonds is 5. The zero-order chi connectivity index (χ0) is 18.4. The average Bonchev–Trinajstić information content (AvgIpc) is 2.72. The van der Waals surface area contributed by atoms with Gasteiger partial charge in [0.05, 0.1) is 11.8 Å². The van der Waals surface area contributed by atoms with Gasteiger partial charge in [0, 0.05) is 30.8 Å².